The highest BCUT2D eigenvalue weighted by molar-refractivity contribution is 5.85. The van der Waals surface area contributed by atoms with E-state index < -0.39 is 11.2 Å². The van der Waals surface area contributed by atoms with Gasteiger partial charge in [-0.25, -0.2) is 0 Å². The monoisotopic (exact) mass is 546 g/mol. The van der Waals surface area contributed by atoms with Gasteiger partial charge in [0.25, 0.3) is 0 Å². The van der Waals surface area contributed by atoms with E-state index in [2.05, 4.69) is 9.80 Å². The summed E-state index contributed by atoms with van der Waals surface area (Å²) in [6.07, 6.45) is 1.26. The minimum atomic E-state index is -0.886. The third kappa shape index (κ3) is 10.1. The van der Waals surface area contributed by atoms with Crippen molar-refractivity contribution in [2.45, 2.75) is 51.7 Å². The SMILES string of the molecule is CC[C@@](O)(c1cccc(O)c1)[C@@H](C)CN(C)C.CC[C@](O)(c1cccc(O)c1)[C@H](C)CN(C)C.Cl.Cl. The van der Waals surface area contributed by atoms with Gasteiger partial charge < -0.3 is 30.2 Å². The zero-order valence-electron chi connectivity index (χ0n) is 23.1. The number of rotatable bonds is 10. The van der Waals surface area contributed by atoms with E-state index in [4.69, 9.17) is 0 Å². The molecule has 0 saturated heterocycles. The van der Waals surface area contributed by atoms with Gasteiger partial charge in [-0.1, -0.05) is 52.0 Å². The molecule has 0 aliphatic heterocycles. The smallest absolute Gasteiger partial charge is 0.115 e. The largest absolute Gasteiger partial charge is 0.508 e. The third-order valence-corrected chi connectivity index (χ3v) is 6.68. The molecule has 0 fully saturated rings. The zero-order valence-corrected chi connectivity index (χ0v) is 24.7. The lowest BCUT2D eigenvalue weighted by Crippen LogP contribution is -2.38. The Balaban J connectivity index is 0. The first-order valence-corrected chi connectivity index (χ1v) is 12.1. The van der Waals surface area contributed by atoms with Crippen LogP contribution >= 0.6 is 24.8 Å². The molecule has 4 N–H and O–H groups in total. The molecule has 36 heavy (non-hydrogen) atoms. The molecule has 208 valence electrons. The summed E-state index contributed by atoms with van der Waals surface area (Å²) >= 11 is 0. The molecule has 0 aromatic heterocycles. The summed E-state index contributed by atoms with van der Waals surface area (Å²) in [5.74, 6) is 0.603. The Morgan fingerprint density at radius 1 is 0.667 bits per heavy atom. The van der Waals surface area contributed by atoms with Gasteiger partial charge in [-0.05, 0) is 76.4 Å². The molecule has 6 nitrogen and oxygen atoms in total. The standard InChI is InChI=1S/2C14H23NO2.2ClH/c2*1-5-14(17,11(2)10-15(3)4)12-7-6-8-13(16)9-12;;/h2*6-9,11,16-17H,5,10H2,1-4H3;2*1H/t2*11-,14-;;/m10../s1. The average Bonchev–Trinajstić information content (AvgIpc) is 2.77. The van der Waals surface area contributed by atoms with Crippen molar-refractivity contribution < 1.29 is 20.4 Å². The molecule has 0 spiro atoms. The number of benzene rings is 2. The minimum Gasteiger partial charge on any atom is -0.508 e. The first kappa shape index (κ1) is 36.6. The zero-order chi connectivity index (χ0) is 26.1. The van der Waals surface area contributed by atoms with Gasteiger partial charge in [-0.15, -0.1) is 24.8 Å². The molecule has 0 unspecified atom stereocenters. The van der Waals surface area contributed by atoms with Gasteiger partial charge in [0, 0.05) is 24.9 Å². The van der Waals surface area contributed by atoms with Crippen LogP contribution in [0.15, 0.2) is 48.5 Å². The fraction of sp³-hybridized carbons (Fsp3) is 0.571. The van der Waals surface area contributed by atoms with E-state index in [1.807, 2.05) is 68.0 Å². The van der Waals surface area contributed by atoms with Crippen LogP contribution in [0.25, 0.3) is 0 Å². The molecule has 0 radical (unpaired) electrons. The number of hydrogen-bond donors (Lipinski definition) is 4. The van der Waals surface area contributed by atoms with E-state index in [-0.39, 0.29) is 48.1 Å². The molecule has 2 aromatic rings. The average molecular weight is 548 g/mol. The Kier molecular flexibility index (Phi) is 16.6. The lowest BCUT2D eigenvalue weighted by Gasteiger charge is -2.35. The van der Waals surface area contributed by atoms with E-state index in [9.17, 15) is 20.4 Å². The van der Waals surface area contributed by atoms with Crippen molar-refractivity contribution in [3.05, 3.63) is 59.7 Å². The quantitative estimate of drug-likeness (QED) is 0.326. The highest BCUT2D eigenvalue weighted by Gasteiger charge is 2.35. The minimum absolute atomic E-state index is 0. The fourth-order valence-electron chi connectivity index (χ4n) is 4.62. The molecule has 0 saturated carbocycles. The Hall–Kier alpha value is -1.54. The predicted molar refractivity (Wildman–Crippen MR) is 155 cm³/mol. The van der Waals surface area contributed by atoms with Gasteiger partial charge in [-0.2, -0.15) is 0 Å². The number of hydrogen-bond acceptors (Lipinski definition) is 6. The Morgan fingerprint density at radius 3 is 1.19 bits per heavy atom. The van der Waals surface area contributed by atoms with Crippen LogP contribution in [0.4, 0.5) is 0 Å². The van der Waals surface area contributed by atoms with Crippen molar-refractivity contribution in [1.29, 1.82) is 0 Å². The van der Waals surface area contributed by atoms with Crippen molar-refractivity contribution >= 4 is 24.8 Å². The van der Waals surface area contributed by atoms with E-state index in [1.54, 1.807) is 36.4 Å². The maximum absolute atomic E-state index is 10.8. The normalized spacial score (nSPS) is 15.9. The number of nitrogens with zero attached hydrogens (tertiary/aromatic N) is 2. The second kappa shape index (κ2) is 16.3. The van der Waals surface area contributed by atoms with Crippen LogP contribution in [-0.2, 0) is 11.2 Å². The van der Waals surface area contributed by atoms with Gasteiger partial charge >= 0.3 is 0 Å². The van der Waals surface area contributed by atoms with E-state index in [0.29, 0.717) is 12.8 Å². The molecule has 4 atom stereocenters. The molecule has 0 bridgehead atoms. The van der Waals surface area contributed by atoms with E-state index in [0.717, 1.165) is 24.2 Å². The highest BCUT2D eigenvalue weighted by atomic mass is 35.5. The van der Waals surface area contributed by atoms with Crippen LogP contribution in [0.2, 0.25) is 0 Å². The van der Waals surface area contributed by atoms with Crippen LogP contribution in [0.1, 0.15) is 51.7 Å². The summed E-state index contributed by atoms with van der Waals surface area (Å²) in [5, 5.41) is 40.6. The van der Waals surface area contributed by atoms with Crippen molar-refractivity contribution in [2.24, 2.45) is 11.8 Å². The van der Waals surface area contributed by atoms with Crippen LogP contribution in [0.3, 0.4) is 0 Å². The number of aromatic hydroxyl groups is 2. The molecule has 2 rings (SSSR count). The van der Waals surface area contributed by atoms with Crippen LogP contribution in [0, 0.1) is 11.8 Å². The third-order valence-electron chi connectivity index (χ3n) is 6.68. The van der Waals surface area contributed by atoms with E-state index in [1.165, 1.54) is 0 Å². The van der Waals surface area contributed by atoms with Crippen LogP contribution < -0.4 is 0 Å². The number of phenols is 2. The molecular formula is C28H48Cl2N2O4. The topological polar surface area (TPSA) is 87.4 Å². The van der Waals surface area contributed by atoms with Crippen molar-refractivity contribution in [3.63, 3.8) is 0 Å². The first-order valence-electron chi connectivity index (χ1n) is 12.1. The summed E-state index contributed by atoms with van der Waals surface area (Å²) < 4.78 is 0. The molecule has 0 amide bonds. The summed E-state index contributed by atoms with van der Waals surface area (Å²) in [6, 6.07) is 13.8. The fourth-order valence-corrected chi connectivity index (χ4v) is 4.62. The molecule has 0 aliphatic rings. The Labute approximate surface area is 230 Å². The van der Waals surface area contributed by atoms with Crippen LogP contribution in [0.5, 0.6) is 11.5 Å². The van der Waals surface area contributed by atoms with Crippen molar-refractivity contribution in [1.82, 2.24) is 9.80 Å². The van der Waals surface area contributed by atoms with E-state index >= 15 is 0 Å². The van der Waals surface area contributed by atoms with Gasteiger partial charge in [0.05, 0.1) is 11.2 Å². The molecule has 8 heteroatoms. The second-order valence-electron chi connectivity index (χ2n) is 9.98. The Morgan fingerprint density at radius 2 is 0.972 bits per heavy atom. The molecule has 0 aliphatic carbocycles. The second-order valence-corrected chi connectivity index (χ2v) is 9.98. The van der Waals surface area contributed by atoms with Gasteiger partial charge in [-0.3, -0.25) is 0 Å². The lowest BCUT2D eigenvalue weighted by molar-refractivity contribution is -0.0294. The summed E-state index contributed by atoms with van der Waals surface area (Å²) in [7, 11) is 7.98. The van der Waals surface area contributed by atoms with Gasteiger partial charge in [0.1, 0.15) is 11.5 Å². The van der Waals surface area contributed by atoms with Crippen molar-refractivity contribution in [2.75, 3.05) is 41.3 Å². The lowest BCUT2D eigenvalue weighted by atomic mass is 9.80. The number of phenolic OH excluding ortho intramolecular Hbond substituents is 2. The molecule has 0 heterocycles. The summed E-state index contributed by atoms with van der Waals surface area (Å²) in [5.41, 5.74) is -0.199. The maximum atomic E-state index is 10.8. The molecule has 2 aromatic carbocycles. The van der Waals surface area contributed by atoms with Gasteiger partial charge in [0.2, 0.25) is 0 Å². The molecular weight excluding hydrogens is 499 g/mol. The summed E-state index contributed by atoms with van der Waals surface area (Å²) in [6.45, 7) is 9.62. The maximum Gasteiger partial charge on any atom is 0.115 e. The predicted octanol–water partition coefficient (Wildman–Crippen LogP) is 5.22. The highest BCUT2D eigenvalue weighted by Crippen LogP contribution is 2.35. The number of halogens is 2. The Bertz CT molecular complexity index is 813. The van der Waals surface area contributed by atoms with Gasteiger partial charge in [0.15, 0.2) is 0 Å². The van der Waals surface area contributed by atoms with Crippen molar-refractivity contribution in [3.8, 4) is 11.5 Å². The first-order chi connectivity index (χ1) is 15.8. The summed E-state index contributed by atoms with van der Waals surface area (Å²) in [4.78, 5) is 4.13. The number of aliphatic hydroxyl groups is 2. The van der Waals surface area contributed by atoms with Crippen LogP contribution in [-0.4, -0.2) is 71.5 Å².